The molecule has 0 aliphatic carbocycles. The van der Waals surface area contributed by atoms with Crippen LogP contribution in [0.25, 0.3) is 22.3 Å². The third-order valence-electron chi connectivity index (χ3n) is 3.47. The maximum Gasteiger partial charge on any atom is 0.298 e. The SMILES string of the molecule is O=c1cc(-c2cc(S(=O)(=O)O)c(O)c(O)c2O)oc2ccc(O)cc12. The first-order chi connectivity index (χ1) is 11.6. The van der Waals surface area contributed by atoms with E-state index in [1.54, 1.807) is 0 Å². The molecule has 25 heavy (non-hydrogen) atoms. The molecule has 0 saturated carbocycles. The minimum atomic E-state index is -4.94. The molecule has 5 N–H and O–H groups in total. The second-order valence-electron chi connectivity index (χ2n) is 5.10. The molecule has 0 amide bonds. The molecule has 0 unspecified atom stereocenters. The van der Waals surface area contributed by atoms with Crippen molar-refractivity contribution in [1.82, 2.24) is 0 Å². The predicted molar refractivity (Wildman–Crippen MR) is 84.4 cm³/mol. The summed E-state index contributed by atoms with van der Waals surface area (Å²) in [5.41, 5.74) is -1.05. The summed E-state index contributed by atoms with van der Waals surface area (Å²) >= 11 is 0. The molecular formula is C15H10O9S. The van der Waals surface area contributed by atoms with Crippen molar-refractivity contribution in [2.24, 2.45) is 0 Å². The van der Waals surface area contributed by atoms with E-state index in [1.165, 1.54) is 12.1 Å². The number of phenolic OH excluding ortho intramolecular Hbond substituents is 4. The molecule has 3 rings (SSSR count). The molecule has 3 aromatic rings. The molecule has 2 aromatic carbocycles. The first kappa shape index (κ1) is 16.6. The summed E-state index contributed by atoms with van der Waals surface area (Å²) in [5, 5.41) is 38.6. The quantitative estimate of drug-likeness (QED) is 0.334. The molecule has 0 atom stereocenters. The van der Waals surface area contributed by atoms with E-state index in [1.807, 2.05) is 0 Å². The van der Waals surface area contributed by atoms with Crippen LogP contribution in [0.1, 0.15) is 0 Å². The van der Waals surface area contributed by atoms with Crippen molar-refractivity contribution in [2.75, 3.05) is 0 Å². The average molecular weight is 366 g/mol. The van der Waals surface area contributed by atoms with Crippen LogP contribution < -0.4 is 5.43 Å². The van der Waals surface area contributed by atoms with Crippen molar-refractivity contribution in [3.05, 3.63) is 40.6 Å². The zero-order chi connectivity index (χ0) is 18.5. The number of rotatable bonds is 2. The summed E-state index contributed by atoms with van der Waals surface area (Å²) in [6, 6.07) is 5.21. The van der Waals surface area contributed by atoms with Crippen LogP contribution in [0, 0.1) is 0 Å². The van der Waals surface area contributed by atoms with E-state index >= 15 is 0 Å². The van der Waals surface area contributed by atoms with Crippen molar-refractivity contribution in [3.63, 3.8) is 0 Å². The van der Waals surface area contributed by atoms with E-state index < -0.39 is 43.3 Å². The highest BCUT2D eigenvalue weighted by atomic mass is 32.2. The van der Waals surface area contributed by atoms with Crippen LogP contribution in [0.3, 0.4) is 0 Å². The lowest BCUT2D eigenvalue weighted by Gasteiger charge is -2.11. The van der Waals surface area contributed by atoms with Gasteiger partial charge in [0.2, 0.25) is 5.75 Å². The van der Waals surface area contributed by atoms with Crippen molar-refractivity contribution in [2.45, 2.75) is 4.90 Å². The maximum atomic E-state index is 12.1. The molecule has 0 aliphatic rings. The fourth-order valence-corrected chi connectivity index (χ4v) is 2.89. The normalized spacial score (nSPS) is 11.7. The van der Waals surface area contributed by atoms with Gasteiger partial charge in [0.15, 0.2) is 16.9 Å². The lowest BCUT2D eigenvalue weighted by molar-refractivity contribution is 0.359. The van der Waals surface area contributed by atoms with E-state index in [2.05, 4.69) is 0 Å². The molecule has 0 radical (unpaired) electrons. The Bertz CT molecular complexity index is 1180. The first-order valence-corrected chi connectivity index (χ1v) is 8.06. The predicted octanol–water partition coefficient (Wildman–Crippen LogP) is 1.53. The summed E-state index contributed by atoms with van der Waals surface area (Å²) in [6.07, 6.45) is 0. The Hall–Kier alpha value is -3.24. The van der Waals surface area contributed by atoms with Gasteiger partial charge in [-0.1, -0.05) is 0 Å². The number of hydrogen-bond acceptors (Lipinski definition) is 8. The number of hydrogen-bond donors (Lipinski definition) is 5. The van der Waals surface area contributed by atoms with E-state index in [-0.39, 0.29) is 22.5 Å². The summed E-state index contributed by atoms with van der Waals surface area (Å²) < 4.78 is 37.1. The highest BCUT2D eigenvalue weighted by Gasteiger charge is 2.26. The van der Waals surface area contributed by atoms with Gasteiger partial charge < -0.3 is 24.8 Å². The molecule has 0 spiro atoms. The van der Waals surface area contributed by atoms with Gasteiger partial charge in [-0.3, -0.25) is 9.35 Å². The third-order valence-corrected chi connectivity index (χ3v) is 4.33. The molecule has 0 aliphatic heterocycles. The molecule has 9 nitrogen and oxygen atoms in total. The van der Waals surface area contributed by atoms with Crippen molar-refractivity contribution in [1.29, 1.82) is 0 Å². The second-order valence-corrected chi connectivity index (χ2v) is 6.49. The molecule has 0 fully saturated rings. The van der Waals surface area contributed by atoms with Crippen LogP contribution in [-0.4, -0.2) is 33.4 Å². The van der Waals surface area contributed by atoms with Gasteiger partial charge in [-0.2, -0.15) is 8.42 Å². The zero-order valence-corrected chi connectivity index (χ0v) is 13.0. The number of fused-ring (bicyclic) bond motifs is 1. The van der Waals surface area contributed by atoms with Crippen molar-refractivity contribution in [3.8, 4) is 34.3 Å². The van der Waals surface area contributed by atoms with Gasteiger partial charge >= 0.3 is 0 Å². The lowest BCUT2D eigenvalue weighted by atomic mass is 10.1. The van der Waals surface area contributed by atoms with Gasteiger partial charge in [-0.05, 0) is 24.3 Å². The fraction of sp³-hybridized carbons (Fsp3) is 0. The summed E-state index contributed by atoms with van der Waals surface area (Å²) in [4.78, 5) is 11.1. The smallest absolute Gasteiger partial charge is 0.298 e. The van der Waals surface area contributed by atoms with E-state index in [9.17, 15) is 33.6 Å². The molecule has 0 saturated heterocycles. The van der Waals surface area contributed by atoms with Crippen LogP contribution >= 0.6 is 0 Å². The number of aromatic hydroxyl groups is 4. The highest BCUT2D eigenvalue weighted by Crippen LogP contribution is 2.46. The summed E-state index contributed by atoms with van der Waals surface area (Å²) in [5.74, 6) is -3.92. The Morgan fingerprint density at radius 1 is 0.880 bits per heavy atom. The first-order valence-electron chi connectivity index (χ1n) is 6.62. The topological polar surface area (TPSA) is 165 Å². The van der Waals surface area contributed by atoms with Gasteiger partial charge in [-0.25, -0.2) is 0 Å². The molecule has 1 heterocycles. The van der Waals surface area contributed by atoms with E-state index in [0.29, 0.717) is 6.07 Å². The maximum absolute atomic E-state index is 12.1. The van der Waals surface area contributed by atoms with Crippen LogP contribution in [0.4, 0.5) is 0 Å². The highest BCUT2D eigenvalue weighted by molar-refractivity contribution is 7.86. The standard InChI is InChI=1S/C15H10O9S/c16-6-1-2-10-7(3-6)9(17)5-11(24-10)8-4-12(25(21,22)23)14(19)15(20)13(8)18/h1-5,16,18-20H,(H,21,22,23). The van der Waals surface area contributed by atoms with Gasteiger partial charge in [0.25, 0.3) is 10.1 Å². The molecular weight excluding hydrogens is 356 g/mol. The third kappa shape index (κ3) is 2.73. The zero-order valence-electron chi connectivity index (χ0n) is 12.2. The van der Waals surface area contributed by atoms with Crippen LogP contribution in [0.15, 0.2) is 44.4 Å². The molecule has 10 heteroatoms. The van der Waals surface area contributed by atoms with Gasteiger partial charge in [0, 0.05) is 6.07 Å². The molecule has 130 valence electrons. The Kier molecular flexibility index (Phi) is 3.59. The van der Waals surface area contributed by atoms with Gasteiger partial charge in [0.05, 0.1) is 10.9 Å². The largest absolute Gasteiger partial charge is 0.508 e. The monoisotopic (exact) mass is 366 g/mol. The average Bonchev–Trinajstić information content (AvgIpc) is 2.52. The van der Waals surface area contributed by atoms with Crippen molar-refractivity contribution < 1.29 is 37.8 Å². The molecule has 0 bridgehead atoms. The Balaban J connectivity index is 2.37. The van der Waals surface area contributed by atoms with E-state index in [0.717, 1.165) is 12.1 Å². The minimum absolute atomic E-state index is 0.0145. The lowest BCUT2D eigenvalue weighted by Crippen LogP contribution is -2.02. The van der Waals surface area contributed by atoms with E-state index in [4.69, 9.17) is 8.97 Å². The summed E-state index contributed by atoms with van der Waals surface area (Å²) in [7, 11) is -4.94. The minimum Gasteiger partial charge on any atom is -0.508 e. The van der Waals surface area contributed by atoms with Crippen molar-refractivity contribution >= 4 is 21.1 Å². The fourth-order valence-electron chi connectivity index (χ4n) is 2.29. The summed E-state index contributed by atoms with van der Waals surface area (Å²) in [6.45, 7) is 0. The number of benzene rings is 2. The van der Waals surface area contributed by atoms with Crippen LogP contribution in [-0.2, 0) is 10.1 Å². The van der Waals surface area contributed by atoms with Gasteiger partial charge in [-0.15, -0.1) is 0 Å². The van der Waals surface area contributed by atoms with Gasteiger partial charge in [0.1, 0.15) is 22.0 Å². The second kappa shape index (κ2) is 5.40. The Labute approximate surface area is 139 Å². The Morgan fingerprint density at radius 2 is 1.56 bits per heavy atom. The van der Waals surface area contributed by atoms with Crippen LogP contribution in [0.2, 0.25) is 0 Å². The molecule has 1 aromatic heterocycles. The van der Waals surface area contributed by atoms with Crippen LogP contribution in [0.5, 0.6) is 23.0 Å². The Morgan fingerprint density at radius 3 is 2.20 bits per heavy atom. The number of phenols is 4.